The van der Waals surface area contributed by atoms with Crippen molar-refractivity contribution in [2.45, 2.75) is 18.8 Å². The number of halogens is 10. The first kappa shape index (κ1) is 19.9. The third-order valence-electron chi connectivity index (χ3n) is 2.97. The molecule has 0 radical (unpaired) electrons. The number of allylic oxidation sites excluding steroid dienone is 3. The molecule has 13 heteroatoms. The van der Waals surface area contributed by atoms with Crippen molar-refractivity contribution in [3.63, 3.8) is 0 Å². The first-order valence-corrected chi connectivity index (χ1v) is 6.25. The summed E-state index contributed by atoms with van der Waals surface area (Å²) in [5.41, 5.74) is 0. The lowest BCUT2D eigenvalue weighted by Gasteiger charge is -2.22. The number of ether oxygens (including phenoxy) is 2. The summed E-state index contributed by atoms with van der Waals surface area (Å²) in [7, 11) is 0. The fraction of sp³-hybridized carbons (Fsp3) is 0.231. The third-order valence-corrected chi connectivity index (χ3v) is 2.97. The van der Waals surface area contributed by atoms with Gasteiger partial charge in [0.05, 0.1) is 0 Å². The predicted octanol–water partition coefficient (Wildman–Crippen LogP) is 4.07. The summed E-state index contributed by atoms with van der Waals surface area (Å²) < 4.78 is 139. The summed E-state index contributed by atoms with van der Waals surface area (Å²) >= 11 is 0. The van der Waals surface area contributed by atoms with E-state index in [1.54, 1.807) is 0 Å². The molecule has 1 aromatic carbocycles. The molecule has 1 aliphatic carbocycles. The number of aliphatic hydroxyl groups excluding tert-OH is 1. The van der Waals surface area contributed by atoms with Gasteiger partial charge in [0.2, 0.25) is 40.7 Å². The zero-order valence-corrected chi connectivity index (χ0v) is 11.8. The Balaban J connectivity index is 2.32. The molecule has 3 nitrogen and oxygen atoms in total. The van der Waals surface area contributed by atoms with Crippen molar-refractivity contribution in [3.8, 4) is 5.75 Å². The van der Waals surface area contributed by atoms with Gasteiger partial charge in [0.15, 0.2) is 29.8 Å². The van der Waals surface area contributed by atoms with Crippen molar-refractivity contribution in [3.05, 3.63) is 52.3 Å². The van der Waals surface area contributed by atoms with E-state index in [1.807, 2.05) is 0 Å². The molecule has 0 saturated heterocycles. The van der Waals surface area contributed by atoms with E-state index in [-0.39, 0.29) is 0 Å². The van der Waals surface area contributed by atoms with Crippen LogP contribution in [-0.2, 0) is 4.74 Å². The Morgan fingerprint density at radius 2 is 1.08 bits per heavy atom. The van der Waals surface area contributed by atoms with Crippen molar-refractivity contribution in [2.24, 2.45) is 0 Å². The van der Waals surface area contributed by atoms with Gasteiger partial charge in [-0.2, -0.15) is 13.2 Å². The summed E-state index contributed by atoms with van der Waals surface area (Å²) in [6.45, 7) is -3.20. The molecule has 0 saturated carbocycles. The van der Waals surface area contributed by atoms with E-state index in [1.165, 1.54) is 0 Å². The van der Waals surface area contributed by atoms with Gasteiger partial charge in [-0.15, -0.1) is 0 Å². The maximum atomic E-state index is 13.4. The Hall–Kier alpha value is -2.44. The van der Waals surface area contributed by atoms with Gasteiger partial charge < -0.3 is 14.6 Å². The Morgan fingerprint density at radius 1 is 0.654 bits per heavy atom. The van der Waals surface area contributed by atoms with E-state index >= 15 is 0 Å². The minimum atomic E-state index is -3.38. The number of aliphatic hydroxyl groups is 1. The molecule has 144 valence electrons. The number of benzene rings is 1. The van der Waals surface area contributed by atoms with Gasteiger partial charge in [-0.05, 0) is 0 Å². The number of hydrogen-bond donors (Lipinski definition) is 1. The lowest BCUT2D eigenvalue weighted by molar-refractivity contribution is -0.198. The quantitative estimate of drug-likeness (QED) is 0.360. The van der Waals surface area contributed by atoms with Crippen LogP contribution in [-0.4, -0.2) is 23.9 Å². The highest BCUT2D eigenvalue weighted by atomic mass is 19.2. The van der Waals surface area contributed by atoms with E-state index in [2.05, 4.69) is 9.47 Å². The normalized spacial score (nSPS) is 22.0. The molecule has 0 bridgehead atoms. The second-order valence-electron chi connectivity index (χ2n) is 4.58. The highest BCUT2D eigenvalue weighted by Crippen LogP contribution is 2.38. The zero-order valence-electron chi connectivity index (χ0n) is 11.8. The molecule has 1 aromatic rings. The molecule has 0 amide bonds. The van der Waals surface area contributed by atoms with E-state index in [0.29, 0.717) is 0 Å². The maximum absolute atomic E-state index is 13.4. The van der Waals surface area contributed by atoms with Crippen LogP contribution in [0.1, 0.15) is 0 Å². The molecular weight excluding hydrogens is 394 g/mol. The van der Waals surface area contributed by atoms with Crippen LogP contribution >= 0.6 is 0 Å². The second-order valence-corrected chi connectivity index (χ2v) is 4.58. The van der Waals surface area contributed by atoms with Crippen LogP contribution in [0.15, 0.2) is 23.2 Å². The number of rotatable bonds is 4. The van der Waals surface area contributed by atoms with Crippen molar-refractivity contribution < 1.29 is 58.5 Å². The maximum Gasteiger partial charge on any atom is 0.358 e. The van der Waals surface area contributed by atoms with E-state index in [4.69, 9.17) is 0 Å². The van der Waals surface area contributed by atoms with Gasteiger partial charge in [-0.25, -0.2) is 30.7 Å². The van der Waals surface area contributed by atoms with E-state index in [0.717, 1.165) is 0 Å². The summed E-state index contributed by atoms with van der Waals surface area (Å²) in [6.07, 6.45) is -6.75. The molecular formula is C13H4F10O3. The number of alkyl halides is 2. The molecule has 0 aliphatic heterocycles. The van der Waals surface area contributed by atoms with Crippen LogP contribution < -0.4 is 4.74 Å². The van der Waals surface area contributed by atoms with Gasteiger partial charge in [-0.1, -0.05) is 0 Å². The third kappa shape index (κ3) is 3.18. The summed E-state index contributed by atoms with van der Waals surface area (Å²) in [4.78, 5) is 0. The molecule has 0 spiro atoms. The molecule has 2 rings (SSSR count). The highest BCUT2D eigenvalue weighted by molar-refractivity contribution is 5.35. The average molecular weight is 398 g/mol. The second kappa shape index (κ2) is 7.05. The average Bonchev–Trinajstić information content (AvgIpc) is 2.62. The van der Waals surface area contributed by atoms with Crippen LogP contribution in [0.3, 0.4) is 0 Å². The van der Waals surface area contributed by atoms with Gasteiger partial charge in [0.25, 0.3) is 0 Å². The highest BCUT2D eigenvalue weighted by Gasteiger charge is 2.42. The molecule has 26 heavy (non-hydrogen) atoms. The van der Waals surface area contributed by atoms with Crippen LogP contribution in [0, 0.1) is 29.1 Å². The smallest absolute Gasteiger partial charge is 0.358 e. The van der Waals surface area contributed by atoms with E-state index in [9.17, 15) is 49.0 Å². The Kier molecular flexibility index (Phi) is 5.39. The zero-order chi connectivity index (χ0) is 19.9. The molecule has 1 aliphatic rings. The molecule has 0 fully saturated rings. The molecule has 3 atom stereocenters. The first-order chi connectivity index (χ1) is 12.0. The topological polar surface area (TPSA) is 38.7 Å². The first-order valence-electron chi connectivity index (χ1n) is 6.25. The van der Waals surface area contributed by atoms with Gasteiger partial charge >= 0.3 is 6.48 Å². The lowest BCUT2D eigenvalue weighted by Crippen LogP contribution is -2.29. The fourth-order valence-corrected chi connectivity index (χ4v) is 1.74. The van der Waals surface area contributed by atoms with Crippen LogP contribution in [0.2, 0.25) is 0 Å². The minimum absolute atomic E-state index is 2.07. The van der Waals surface area contributed by atoms with Crippen LogP contribution in [0.25, 0.3) is 0 Å². The molecule has 3 unspecified atom stereocenters. The molecule has 0 heterocycles. The summed E-state index contributed by atoms with van der Waals surface area (Å²) in [5, 5.41) is 9.18. The minimum Gasteiger partial charge on any atom is -0.426 e. The van der Waals surface area contributed by atoms with Crippen molar-refractivity contribution in [1.29, 1.82) is 0 Å². The van der Waals surface area contributed by atoms with Crippen LogP contribution in [0.4, 0.5) is 43.9 Å². The van der Waals surface area contributed by atoms with Crippen molar-refractivity contribution in [1.82, 2.24) is 0 Å². The van der Waals surface area contributed by atoms with Gasteiger partial charge in [0.1, 0.15) is 0 Å². The van der Waals surface area contributed by atoms with Crippen molar-refractivity contribution in [2.75, 3.05) is 0 Å². The standard InChI is InChI=1S/C13H4F10O3/c14-1-3(16)7(20)11(8(21)4(1)17)25-13(24)26-12-9(22)5(18)2(15)6(19)10(12)23/h1,3,13,24H. The van der Waals surface area contributed by atoms with E-state index < -0.39 is 76.9 Å². The summed E-state index contributed by atoms with van der Waals surface area (Å²) in [6, 6.07) is 0. The van der Waals surface area contributed by atoms with Gasteiger partial charge in [0, 0.05) is 0 Å². The largest absolute Gasteiger partial charge is 0.426 e. The number of hydrogen-bond acceptors (Lipinski definition) is 3. The predicted molar refractivity (Wildman–Crippen MR) is 61.1 cm³/mol. The van der Waals surface area contributed by atoms with Crippen molar-refractivity contribution >= 4 is 0 Å². The summed E-state index contributed by atoms with van der Waals surface area (Å²) in [5.74, 6) is -24.2. The van der Waals surface area contributed by atoms with Gasteiger partial charge in [-0.3, -0.25) is 0 Å². The fourth-order valence-electron chi connectivity index (χ4n) is 1.74. The lowest BCUT2D eigenvalue weighted by atomic mass is 10.1. The Morgan fingerprint density at radius 3 is 1.58 bits per heavy atom. The Bertz CT molecular complexity index is 777. The molecule has 0 aromatic heterocycles. The van der Waals surface area contributed by atoms with Crippen LogP contribution in [0.5, 0.6) is 5.75 Å². The monoisotopic (exact) mass is 398 g/mol. The SMILES string of the molecule is OC(OC1=C(F)C(F)C(F)C(F)=C1F)Oc1c(F)c(F)c(F)c(F)c1F. The molecule has 1 N–H and O–H groups in total. The Labute approximate surface area is 136 Å².